The van der Waals surface area contributed by atoms with E-state index in [-0.39, 0.29) is 4.32 Å². The predicted octanol–water partition coefficient (Wildman–Crippen LogP) is 3.33. The fraction of sp³-hybridized carbons (Fsp3) is 0.0952. The molecule has 27 heavy (non-hydrogen) atoms. The number of benzene rings is 2. The third-order valence-corrected chi connectivity index (χ3v) is 5.30. The number of hydrogen-bond acceptors (Lipinski definition) is 5. The van der Waals surface area contributed by atoms with Gasteiger partial charge < -0.3 is 9.90 Å². The van der Waals surface area contributed by atoms with Gasteiger partial charge in [0.2, 0.25) is 0 Å². The van der Waals surface area contributed by atoms with Crippen LogP contribution in [0.25, 0.3) is 6.08 Å². The van der Waals surface area contributed by atoms with Crippen molar-refractivity contribution in [3.05, 3.63) is 88.3 Å². The van der Waals surface area contributed by atoms with Crippen molar-refractivity contribution in [3.8, 4) is 0 Å². The third-order valence-electron chi connectivity index (χ3n) is 3.97. The maximum Gasteiger partial charge on any atom is 0.267 e. The number of thiocarbonyl (C=S) groups is 1. The van der Waals surface area contributed by atoms with Crippen molar-refractivity contribution >= 4 is 46.3 Å². The largest absolute Gasteiger partial charge is 0.547 e. The second-order valence-corrected chi connectivity index (χ2v) is 7.66. The van der Waals surface area contributed by atoms with Crippen LogP contribution in [0.2, 0.25) is 0 Å². The number of thioether (sulfide) groups is 1. The van der Waals surface area contributed by atoms with E-state index < -0.39 is 17.9 Å². The minimum atomic E-state index is -1.37. The number of allylic oxidation sites excluding steroid dienone is 2. The number of nitrogens with zero attached hydrogens (tertiary/aromatic N) is 1. The van der Waals surface area contributed by atoms with Crippen molar-refractivity contribution in [3.63, 3.8) is 0 Å². The monoisotopic (exact) mass is 394 g/mol. The normalized spacial score (nSPS) is 17.4. The molecule has 0 N–H and O–H groups in total. The van der Waals surface area contributed by atoms with E-state index in [2.05, 4.69) is 0 Å². The predicted molar refractivity (Wildman–Crippen MR) is 109 cm³/mol. The first-order valence-corrected chi connectivity index (χ1v) is 9.46. The highest BCUT2D eigenvalue weighted by Gasteiger charge is 2.38. The Bertz CT molecular complexity index is 936. The summed E-state index contributed by atoms with van der Waals surface area (Å²) in [5.41, 5.74) is 2.33. The Labute approximate surface area is 167 Å². The van der Waals surface area contributed by atoms with Gasteiger partial charge >= 0.3 is 0 Å². The number of rotatable bonds is 5. The molecule has 1 heterocycles. The number of hydrogen-bond donors (Lipinski definition) is 0. The summed E-state index contributed by atoms with van der Waals surface area (Å²) >= 11 is 6.39. The van der Waals surface area contributed by atoms with Crippen LogP contribution in [0.5, 0.6) is 0 Å². The summed E-state index contributed by atoms with van der Waals surface area (Å²) < 4.78 is 0.205. The summed E-state index contributed by atoms with van der Waals surface area (Å²) in [6.07, 6.45) is 3.67. The topological polar surface area (TPSA) is 60.4 Å². The molecule has 1 fully saturated rings. The van der Waals surface area contributed by atoms with Crippen molar-refractivity contribution in [2.45, 2.75) is 13.0 Å². The molecule has 136 valence electrons. The van der Waals surface area contributed by atoms with E-state index >= 15 is 0 Å². The fourth-order valence-electron chi connectivity index (χ4n) is 2.79. The molecule has 0 radical (unpaired) electrons. The lowest BCUT2D eigenvalue weighted by atomic mass is 10.1. The molecule has 0 bridgehead atoms. The molecule has 2 aromatic rings. The minimum absolute atomic E-state index is 0.205. The van der Waals surface area contributed by atoms with E-state index in [0.29, 0.717) is 10.5 Å². The Morgan fingerprint density at radius 1 is 1.11 bits per heavy atom. The van der Waals surface area contributed by atoms with E-state index in [1.807, 2.05) is 43.3 Å². The Morgan fingerprint density at radius 2 is 1.70 bits per heavy atom. The molecule has 1 amide bonds. The van der Waals surface area contributed by atoms with E-state index in [1.54, 1.807) is 36.4 Å². The lowest BCUT2D eigenvalue weighted by Crippen LogP contribution is -2.43. The van der Waals surface area contributed by atoms with Gasteiger partial charge in [0, 0.05) is 0 Å². The van der Waals surface area contributed by atoms with E-state index in [1.165, 1.54) is 0 Å². The van der Waals surface area contributed by atoms with Crippen molar-refractivity contribution in [2.24, 2.45) is 0 Å². The molecule has 0 saturated carbocycles. The van der Waals surface area contributed by atoms with E-state index in [4.69, 9.17) is 12.2 Å². The first-order valence-electron chi connectivity index (χ1n) is 8.23. The molecule has 3 rings (SSSR count). The van der Waals surface area contributed by atoms with Gasteiger partial charge in [-0.2, -0.15) is 0 Å². The van der Waals surface area contributed by atoms with Gasteiger partial charge in [0.05, 0.1) is 10.9 Å². The van der Waals surface area contributed by atoms with Crippen LogP contribution in [0.3, 0.4) is 0 Å². The first-order chi connectivity index (χ1) is 13.0. The molecule has 0 aliphatic carbocycles. The molecule has 1 aliphatic heterocycles. The minimum Gasteiger partial charge on any atom is -0.547 e. The zero-order valence-corrected chi connectivity index (χ0v) is 16.1. The maximum atomic E-state index is 12.9. The molecule has 1 unspecified atom stereocenters. The Kier molecular flexibility index (Phi) is 5.88. The zero-order valence-electron chi connectivity index (χ0n) is 14.5. The van der Waals surface area contributed by atoms with Crippen molar-refractivity contribution in [2.75, 3.05) is 0 Å². The van der Waals surface area contributed by atoms with Gasteiger partial charge in [0.25, 0.3) is 5.91 Å². The van der Waals surface area contributed by atoms with E-state index in [9.17, 15) is 14.7 Å². The maximum absolute atomic E-state index is 12.9. The summed E-state index contributed by atoms with van der Waals surface area (Å²) in [7, 11) is 0. The summed E-state index contributed by atoms with van der Waals surface area (Å²) in [4.78, 5) is 26.1. The number of carbonyl (C=O) groups excluding carboxylic acids is 2. The van der Waals surface area contributed by atoms with Crippen molar-refractivity contribution < 1.29 is 14.7 Å². The smallest absolute Gasteiger partial charge is 0.267 e. The Morgan fingerprint density at radius 3 is 2.30 bits per heavy atom. The van der Waals surface area contributed by atoms with Crippen LogP contribution in [0.15, 0.2) is 77.2 Å². The van der Waals surface area contributed by atoms with Crippen LogP contribution in [-0.4, -0.2) is 21.1 Å². The summed E-state index contributed by atoms with van der Waals surface area (Å²) in [6, 6.07) is 17.0. The molecule has 1 aliphatic rings. The average Bonchev–Trinajstić information content (AvgIpc) is 2.91. The van der Waals surface area contributed by atoms with Gasteiger partial charge in [-0.3, -0.25) is 9.69 Å². The van der Waals surface area contributed by atoms with Crippen molar-refractivity contribution in [1.82, 2.24) is 4.90 Å². The highest BCUT2D eigenvalue weighted by Crippen LogP contribution is 2.37. The highest BCUT2D eigenvalue weighted by atomic mass is 32.2. The molecular weight excluding hydrogens is 378 g/mol. The molecule has 2 aromatic carbocycles. The summed E-state index contributed by atoms with van der Waals surface area (Å²) in [5, 5.41) is 11.7. The molecule has 4 nitrogen and oxygen atoms in total. The molecule has 0 spiro atoms. The number of carbonyl (C=O) groups is 2. The standard InChI is InChI=1S/C21H17NO3S2/c1-14(12-15-8-4-2-5-9-15)13-17-19(23)22(21(26)27-17)18(20(24)25)16-10-6-3-7-11-16/h2-13,18H,1H3,(H,24,25)/p-1. The molecule has 1 saturated heterocycles. The van der Waals surface area contributed by atoms with Crippen molar-refractivity contribution in [1.29, 1.82) is 0 Å². The zero-order chi connectivity index (χ0) is 19.4. The third kappa shape index (κ3) is 4.35. The lowest BCUT2D eigenvalue weighted by Gasteiger charge is -2.27. The van der Waals surface area contributed by atoms with Crippen LogP contribution < -0.4 is 5.11 Å². The van der Waals surface area contributed by atoms with Gasteiger partial charge in [0.15, 0.2) is 0 Å². The van der Waals surface area contributed by atoms with Gasteiger partial charge in [-0.1, -0.05) is 90.7 Å². The van der Waals surface area contributed by atoms with Crippen LogP contribution in [0, 0.1) is 0 Å². The number of amides is 1. The number of carboxylic acid groups (broad SMARTS) is 1. The second-order valence-electron chi connectivity index (χ2n) is 5.98. The molecular formula is C21H16NO3S2-. The second kappa shape index (κ2) is 8.33. The number of aliphatic carboxylic acids is 1. The fourth-order valence-corrected chi connectivity index (χ4v) is 4.15. The van der Waals surface area contributed by atoms with Gasteiger partial charge in [0.1, 0.15) is 10.4 Å². The van der Waals surface area contributed by atoms with Crippen LogP contribution in [0.4, 0.5) is 0 Å². The quantitative estimate of drug-likeness (QED) is 0.575. The average molecular weight is 394 g/mol. The van der Waals surface area contributed by atoms with Crippen LogP contribution in [-0.2, 0) is 9.59 Å². The summed E-state index contributed by atoms with van der Waals surface area (Å²) in [6.45, 7) is 1.88. The molecule has 1 atom stereocenters. The van der Waals surface area contributed by atoms with Gasteiger partial charge in [-0.05, 0) is 29.7 Å². The Hall–Kier alpha value is -2.70. The summed E-state index contributed by atoms with van der Waals surface area (Å²) in [5.74, 6) is -1.79. The lowest BCUT2D eigenvalue weighted by molar-refractivity contribution is -0.310. The first kappa shape index (κ1) is 19.1. The van der Waals surface area contributed by atoms with E-state index in [0.717, 1.165) is 27.8 Å². The highest BCUT2D eigenvalue weighted by molar-refractivity contribution is 8.26. The van der Waals surface area contributed by atoms with Crippen LogP contribution >= 0.6 is 24.0 Å². The number of carboxylic acids is 1. The SMILES string of the molecule is CC(=Cc1ccccc1)C=C1SC(=S)N(C(C(=O)[O-])c2ccccc2)C1=O. The van der Waals surface area contributed by atoms with Gasteiger partial charge in [-0.25, -0.2) is 0 Å². The molecule has 6 heteroatoms. The van der Waals surface area contributed by atoms with Gasteiger partial charge in [-0.15, -0.1) is 0 Å². The van der Waals surface area contributed by atoms with Crippen LogP contribution in [0.1, 0.15) is 24.1 Å². The molecule has 0 aromatic heterocycles. The Balaban J connectivity index is 1.90.